The molecule has 1 aliphatic carbocycles. The van der Waals surface area contributed by atoms with Gasteiger partial charge in [0.15, 0.2) is 0 Å². The van der Waals surface area contributed by atoms with Gasteiger partial charge in [0.1, 0.15) is 0 Å². The zero-order valence-corrected chi connectivity index (χ0v) is 17.8. The van der Waals surface area contributed by atoms with Crippen LogP contribution in [0, 0.1) is 0 Å². The standard InChI is InChI=1S/C30H24N2/c31-26-12-10-20(11-13-26)21-14-16-30(32,17-15-21)28-7-3-6-22-8-9-25-18-23-4-1-2-5-24(23)19-27(25)29(22)28/h1-16,18-19H,17,31-32H2. The van der Waals surface area contributed by atoms with Crippen molar-refractivity contribution in [2.45, 2.75) is 12.0 Å². The molecule has 154 valence electrons. The lowest BCUT2D eigenvalue weighted by atomic mass is 9.79. The van der Waals surface area contributed by atoms with Crippen LogP contribution in [0.25, 0.3) is 37.9 Å². The Kier molecular flexibility index (Phi) is 4.17. The Bertz CT molecular complexity index is 1560. The lowest BCUT2D eigenvalue weighted by Gasteiger charge is -2.30. The molecule has 1 unspecified atom stereocenters. The third-order valence-corrected chi connectivity index (χ3v) is 6.69. The summed E-state index contributed by atoms with van der Waals surface area (Å²) in [4.78, 5) is 0. The van der Waals surface area contributed by atoms with Crippen LogP contribution in [0.5, 0.6) is 0 Å². The first-order valence-corrected chi connectivity index (χ1v) is 11.0. The molecule has 0 saturated carbocycles. The van der Waals surface area contributed by atoms with E-state index in [0.29, 0.717) is 0 Å². The molecule has 0 heterocycles. The topological polar surface area (TPSA) is 52.0 Å². The van der Waals surface area contributed by atoms with Crippen molar-refractivity contribution in [2.75, 3.05) is 5.73 Å². The second kappa shape index (κ2) is 7.08. The number of nitrogens with two attached hydrogens (primary N) is 2. The molecule has 4 N–H and O–H groups in total. The lowest BCUT2D eigenvalue weighted by Crippen LogP contribution is -2.35. The molecule has 2 heteroatoms. The SMILES string of the molecule is Nc1ccc(C2=CCC(N)(c3cccc4ccc5cc6ccccc6cc5c34)C=C2)cc1. The van der Waals surface area contributed by atoms with E-state index in [0.717, 1.165) is 17.7 Å². The van der Waals surface area contributed by atoms with Gasteiger partial charge >= 0.3 is 0 Å². The highest BCUT2D eigenvalue weighted by Gasteiger charge is 2.28. The molecule has 0 aromatic heterocycles. The number of nitrogen functional groups attached to an aromatic ring is 1. The van der Waals surface area contributed by atoms with Crippen molar-refractivity contribution < 1.29 is 0 Å². The highest BCUT2D eigenvalue weighted by Crippen LogP contribution is 2.39. The number of allylic oxidation sites excluding steroid dienone is 2. The molecule has 1 atom stereocenters. The molecule has 6 rings (SSSR count). The Balaban J connectivity index is 1.51. The van der Waals surface area contributed by atoms with Gasteiger partial charge < -0.3 is 11.5 Å². The minimum Gasteiger partial charge on any atom is -0.399 e. The fraction of sp³-hybridized carbons (Fsp3) is 0.0667. The average molecular weight is 413 g/mol. The van der Waals surface area contributed by atoms with Crippen LogP contribution in [0.2, 0.25) is 0 Å². The lowest BCUT2D eigenvalue weighted by molar-refractivity contribution is 0.572. The Hall–Kier alpha value is -3.88. The number of hydrogen-bond donors (Lipinski definition) is 2. The third kappa shape index (κ3) is 3.00. The van der Waals surface area contributed by atoms with Gasteiger partial charge in [-0.15, -0.1) is 0 Å². The summed E-state index contributed by atoms with van der Waals surface area (Å²) in [7, 11) is 0. The summed E-state index contributed by atoms with van der Waals surface area (Å²) in [6.45, 7) is 0. The summed E-state index contributed by atoms with van der Waals surface area (Å²) in [5.74, 6) is 0. The summed E-state index contributed by atoms with van der Waals surface area (Å²) >= 11 is 0. The zero-order valence-electron chi connectivity index (χ0n) is 17.8. The summed E-state index contributed by atoms with van der Waals surface area (Å²) in [6, 6.07) is 32.0. The van der Waals surface area contributed by atoms with Crippen LogP contribution in [-0.2, 0) is 5.54 Å². The van der Waals surface area contributed by atoms with E-state index in [1.54, 1.807) is 0 Å². The van der Waals surface area contributed by atoms with Crippen LogP contribution in [0.3, 0.4) is 0 Å². The van der Waals surface area contributed by atoms with Gasteiger partial charge in [-0.05, 0) is 79.7 Å². The van der Waals surface area contributed by atoms with Gasteiger partial charge in [-0.3, -0.25) is 0 Å². The number of benzene rings is 5. The number of anilines is 1. The maximum absolute atomic E-state index is 7.06. The zero-order chi connectivity index (χ0) is 21.7. The van der Waals surface area contributed by atoms with Crippen LogP contribution in [0.15, 0.2) is 109 Å². The van der Waals surface area contributed by atoms with E-state index in [2.05, 4.69) is 97.1 Å². The second-order valence-corrected chi connectivity index (χ2v) is 8.75. The van der Waals surface area contributed by atoms with E-state index < -0.39 is 5.54 Å². The van der Waals surface area contributed by atoms with Gasteiger partial charge in [0.05, 0.1) is 5.54 Å². The highest BCUT2D eigenvalue weighted by molar-refractivity contribution is 6.13. The van der Waals surface area contributed by atoms with Crippen molar-refractivity contribution in [3.8, 4) is 0 Å². The van der Waals surface area contributed by atoms with E-state index >= 15 is 0 Å². The molecule has 0 amide bonds. The van der Waals surface area contributed by atoms with Crippen molar-refractivity contribution in [3.63, 3.8) is 0 Å². The first-order chi connectivity index (χ1) is 15.6. The van der Waals surface area contributed by atoms with Gasteiger partial charge in [-0.2, -0.15) is 0 Å². The molecule has 1 aliphatic rings. The van der Waals surface area contributed by atoms with E-state index in [4.69, 9.17) is 11.5 Å². The quantitative estimate of drug-likeness (QED) is 0.188. The number of hydrogen-bond acceptors (Lipinski definition) is 2. The van der Waals surface area contributed by atoms with Gasteiger partial charge in [0, 0.05) is 5.69 Å². The molecule has 5 aromatic rings. The maximum Gasteiger partial charge on any atom is 0.0640 e. The number of rotatable bonds is 2. The molecule has 0 saturated heterocycles. The van der Waals surface area contributed by atoms with Gasteiger partial charge in [0.2, 0.25) is 0 Å². The van der Waals surface area contributed by atoms with Gasteiger partial charge in [-0.1, -0.05) is 85.0 Å². The Morgan fingerprint density at radius 3 is 2.16 bits per heavy atom. The molecule has 0 fully saturated rings. The Morgan fingerprint density at radius 1 is 0.688 bits per heavy atom. The molecular formula is C30H24N2. The van der Waals surface area contributed by atoms with E-state index in [1.807, 2.05) is 12.1 Å². The molecule has 0 spiro atoms. The smallest absolute Gasteiger partial charge is 0.0640 e. The summed E-state index contributed by atoms with van der Waals surface area (Å²) in [6.07, 6.45) is 7.29. The maximum atomic E-state index is 7.06. The fourth-order valence-electron chi connectivity index (χ4n) is 4.93. The van der Waals surface area contributed by atoms with Crippen molar-refractivity contribution in [2.24, 2.45) is 5.73 Å². The third-order valence-electron chi connectivity index (χ3n) is 6.69. The summed E-state index contributed by atoms with van der Waals surface area (Å²) in [5, 5.41) is 7.46. The van der Waals surface area contributed by atoms with Crippen LogP contribution in [0.4, 0.5) is 5.69 Å². The molecule has 2 nitrogen and oxygen atoms in total. The largest absolute Gasteiger partial charge is 0.399 e. The minimum atomic E-state index is -0.559. The first kappa shape index (κ1) is 18.9. The van der Waals surface area contributed by atoms with Crippen LogP contribution >= 0.6 is 0 Å². The van der Waals surface area contributed by atoms with Gasteiger partial charge in [-0.25, -0.2) is 0 Å². The summed E-state index contributed by atoms with van der Waals surface area (Å²) in [5.41, 5.74) is 16.6. The number of fused-ring (bicyclic) bond motifs is 4. The predicted octanol–water partition coefficient (Wildman–Crippen LogP) is 6.93. The first-order valence-electron chi connectivity index (χ1n) is 11.0. The predicted molar refractivity (Wildman–Crippen MR) is 137 cm³/mol. The molecule has 0 bridgehead atoms. The monoisotopic (exact) mass is 412 g/mol. The highest BCUT2D eigenvalue weighted by atomic mass is 14.7. The fourth-order valence-corrected chi connectivity index (χ4v) is 4.93. The van der Waals surface area contributed by atoms with Crippen molar-refractivity contribution >= 4 is 43.6 Å². The molecule has 0 radical (unpaired) electrons. The van der Waals surface area contributed by atoms with E-state index in [9.17, 15) is 0 Å². The van der Waals surface area contributed by atoms with Crippen LogP contribution < -0.4 is 11.5 Å². The van der Waals surface area contributed by atoms with Crippen molar-refractivity contribution in [3.05, 3.63) is 120 Å². The van der Waals surface area contributed by atoms with Crippen LogP contribution in [-0.4, -0.2) is 0 Å². The molecule has 32 heavy (non-hydrogen) atoms. The second-order valence-electron chi connectivity index (χ2n) is 8.75. The molecule has 5 aromatic carbocycles. The Labute approximate surface area is 187 Å². The Morgan fingerprint density at radius 2 is 1.41 bits per heavy atom. The van der Waals surface area contributed by atoms with Crippen LogP contribution in [0.1, 0.15) is 17.5 Å². The van der Waals surface area contributed by atoms with Crippen molar-refractivity contribution in [1.29, 1.82) is 0 Å². The van der Waals surface area contributed by atoms with Crippen molar-refractivity contribution in [1.82, 2.24) is 0 Å². The normalized spacial score (nSPS) is 18.3. The summed E-state index contributed by atoms with van der Waals surface area (Å²) < 4.78 is 0. The minimum absolute atomic E-state index is 0.559. The molecular weight excluding hydrogens is 388 g/mol. The van der Waals surface area contributed by atoms with E-state index in [1.165, 1.54) is 43.5 Å². The van der Waals surface area contributed by atoms with E-state index in [-0.39, 0.29) is 0 Å². The average Bonchev–Trinajstić information content (AvgIpc) is 2.83. The molecule has 0 aliphatic heterocycles. The van der Waals surface area contributed by atoms with Gasteiger partial charge in [0.25, 0.3) is 0 Å².